The molecule has 0 aliphatic carbocycles. The van der Waals surface area contributed by atoms with E-state index in [0.29, 0.717) is 29.3 Å². The van der Waals surface area contributed by atoms with Gasteiger partial charge in [-0.3, -0.25) is 4.79 Å². The Morgan fingerprint density at radius 1 is 0.971 bits per heavy atom. The van der Waals surface area contributed by atoms with Crippen LogP contribution in [-0.4, -0.2) is 19.2 Å². The van der Waals surface area contributed by atoms with Crippen LogP contribution in [0.5, 0.6) is 11.5 Å². The maximum atomic E-state index is 12.4. The first-order valence-corrected chi connectivity index (χ1v) is 11.7. The number of methoxy groups -OCH3 is 1. The summed E-state index contributed by atoms with van der Waals surface area (Å²) in [5.74, 6) is 0.905. The lowest BCUT2D eigenvalue weighted by molar-refractivity contribution is 0.0929. The minimum atomic E-state index is -0.435. The Hall–Kier alpha value is -4.10. The summed E-state index contributed by atoms with van der Waals surface area (Å²) >= 11 is 3.55. The summed E-state index contributed by atoms with van der Waals surface area (Å²) in [5, 5.41) is 7.24. The number of hydrogen-bond donors (Lipinski definition) is 1. The van der Waals surface area contributed by atoms with Gasteiger partial charge in [0.25, 0.3) is 0 Å². The number of halogens is 1. The number of amides is 1. The number of furan rings is 1. The van der Waals surface area contributed by atoms with Crippen LogP contribution in [0.25, 0.3) is 21.7 Å². The first kappa shape index (κ1) is 22.7. The first-order chi connectivity index (χ1) is 17.1. The lowest BCUT2D eigenvalue weighted by atomic mass is 10.1. The van der Waals surface area contributed by atoms with Crippen molar-refractivity contribution in [1.82, 2.24) is 5.43 Å². The van der Waals surface area contributed by atoms with Crippen molar-refractivity contribution in [2.75, 3.05) is 7.11 Å². The summed E-state index contributed by atoms with van der Waals surface area (Å²) in [6.07, 6.45) is 1.53. The molecule has 0 saturated heterocycles. The minimum Gasteiger partial charge on any atom is -0.493 e. The molecule has 0 aliphatic heterocycles. The lowest BCUT2D eigenvalue weighted by Gasteiger charge is -2.14. The van der Waals surface area contributed by atoms with Gasteiger partial charge < -0.3 is 13.9 Å². The Kier molecular flexibility index (Phi) is 6.50. The first-order valence-electron chi connectivity index (χ1n) is 10.9. The second-order valence-electron chi connectivity index (χ2n) is 7.80. The van der Waals surface area contributed by atoms with Crippen molar-refractivity contribution in [3.63, 3.8) is 0 Å². The fraction of sp³-hybridized carbons (Fsp3) is 0.0714. The Morgan fingerprint density at radius 2 is 1.74 bits per heavy atom. The molecule has 5 rings (SSSR count). The Bertz CT molecular complexity index is 1520. The van der Waals surface area contributed by atoms with Crippen molar-refractivity contribution in [2.24, 2.45) is 5.10 Å². The van der Waals surface area contributed by atoms with Gasteiger partial charge in [-0.25, -0.2) is 5.43 Å². The van der Waals surface area contributed by atoms with E-state index < -0.39 is 5.91 Å². The van der Waals surface area contributed by atoms with Gasteiger partial charge in [0.2, 0.25) is 0 Å². The van der Waals surface area contributed by atoms with E-state index in [2.05, 4.69) is 50.7 Å². The van der Waals surface area contributed by atoms with Crippen LogP contribution in [0.2, 0.25) is 0 Å². The summed E-state index contributed by atoms with van der Waals surface area (Å²) in [6.45, 7) is 0.394. The molecule has 0 saturated carbocycles. The number of nitrogens with zero attached hydrogens (tertiary/aromatic N) is 1. The van der Waals surface area contributed by atoms with E-state index in [1.807, 2.05) is 48.5 Å². The number of hydrogen-bond acceptors (Lipinski definition) is 5. The molecule has 0 radical (unpaired) electrons. The van der Waals surface area contributed by atoms with Crippen LogP contribution in [0.4, 0.5) is 0 Å². The lowest BCUT2D eigenvalue weighted by Crippen LogP contribution is -2.16. The highest BCUT2D eigenvalue weighted by molar-refractivity contribution is 9.10. The SMILES string of the molecule is COc1cc(C=NNC(=O)c2cc3ccccc3o2)c(Br)cc1OCc1cccc2ccccc12. The van der Waals surface area contributed by atoms with E-state index in [1.54, 1.807) is 19.2 Å². The van der Waals surface area contributed by atoms with Crippen molar-refractivity contribution < 1.29 is 18.7 Å². The topological polar surface area (TPSA) is 73.1 Å². The number of carbonyl (C=O) groups excluding carboxylic acids is 1. The normalized spacial score (nSPS) is 11.3. The molecule has 174 valence electrons. The molecule has 0 fully saturated rings. The van der Waals surface area contributed by atoms with Crippen LogP contribution in [0.15, 0.2) is 98.9 Å². The van der Waals surface area contributed by atoms with Gasteiger partial charge in [0.15, 0.2) is 17.3 Å². The number of hydrazone groups is 1. The molecule has 1 N–H and O–H groups in total. The Morgan fingerprint density at radius 3 is 2.57 bits per heavy atom. The molecule has 1 amide bonds. The highest BCUT2D eigenvalue weighted by Gasteiger charge is 2.13. The maximum Gasteiger partial charge on any atom is 0.307 e. The predicted octanol–water partition coefficient (Wildman–Crippen LogP) is 6.70. The van der Waals surface area contributed by atoms with E-state index in [4.69, 9.17) is 13.9 Å². The smallest absolute Gasteiger partial charge is 0.307 e. The average Bonchev–Trinajstić information content (AvgIpc) is 3.33. The zero-order valence-electron chi connectivity index (χ0n) is 18.8. The van der Waals surface area contributed by atoms with Gasteiger partial charge >= 0.3 is 5.91 Å². The summed E-state index contributed by atoms with van der Waals surface area (Å²) in [4.78, 5) is 12.4. The molecule has 0 aliphatic rings. The van der Waals surface area contributed by atoms with Gasteiger partial charge in [0, 0.05) is 15.4 Å². The molecule has 1 aromatic heterocycles. The molecule has 0 spiro atoms. The van der Waals surface area contributed by atoms with Crippen LogP contribution in [0, 0.1) is 0 Å². The van der Waals surface area contributed by atoms with Gasteiger partial charge in [-0.15, -0.1) is 0 Å². The number of nitrogens with one attached hydrogen (secondary N) is 1. The molecule has 0 atom stereocenters. The average molecular weight is 529 g/mol. The molecule has 6 nitrogen and oxygen atoms in total. The second-order valence-corrected chi connectivity index (χ2v) is 8.65. The molecular weight excluding hydrogens is 508 g/mol. The summed E-state index contributed by atoms with van der Waals surface area (Å²) in [5.41, 5.74) is 4.94. The molecule has 4 aromatic carbocycles. The number of ether oxygens (including phenoxy) is 2. The third-order valence-electron chi connectivity index (χ3n) is 5.57. The predicted molar refractivity (Wildman–Crippen MR) is 140 cm³/mol. The Balaban J connectivity index is 1.29. The fourth-order valence-corrected chi connectivity index (χ4v) is 4.23. The summed E-state index contributed by atoms with van der Waals surface area (Å²) < 4.78 is 18.0. The Labute approximate surface area is 210 Å². The van der Waals surface area contributed by atoms with Crippen LogP contribution in [0.1, 0.15) is 21.7 Å². The van der Waals surface area contributed by atoms with E-state index in [-0.39, 0.29) is 5.76 Å². The van der Waals surface area contributed by atoms with Crippen molar-refractivity contribution in [3.8, 4) is 11.5 Å². The van der Waals surface area contributed by atoms with E-state index in [0.717, 1.165) is 26.2 Å². The number of para-hydroxylation sites is 1. The molecular formula is C28H21BrN2O4. The highest BCUT2D eigenvalue weighted by atomic mass is 79.9. The van der Waals surface area contributed by atoms with Gasteiger partial charge in [0.05, 0.1) is 13.3 Å². The van der Waals surface area contributed by atoms with Gasteiger partial charge in [-0.05, 0) is 56.5 Å². The largest absolute Gasteiger partial charge is 0.493 e. The van der Waals surface area contributed by atoms with Gasteiger partial charge in [0.1, 0.15) is 12.2 Å². The van der Waals surface area contributed by atoms with Crippen LogP contribution >= 0.6 is 15.9 Å². The summed E-state index contributed by atoms with van der Waals surface area (Å²) in [7, 11) is 1.58. The third-order valence-corrected chi connectivity index (χ3v) is 6.25. The van der Waals surface area contributed by atoms with E-state index >= 15 is 0 Å². The van der Waals surface area contributed by atoms with Crippen molar-refractivity contribution in [3.05, 3.63) is 106 Å². The second kappa shape index (κ2) is 10.0. The van der Waals surface area contributed by atoms with Gasteiger partial charge in [-0.2, -0.15) is 5.10 Å². The van der Waals surface area contributed by atoms with Gasteiger partial charge in [-0.1, -0.05) is 60.7 Å². The molecule has 35 heavy (non-hydrogen) atoms. The highest BCUT2D eigenvalue weighted by Crippen LogP contribution is 2.34. The molecule has 0 bridgehead atoms. The molecule has 1 heterocycles. The third kappa shape index (κ3) is 4.90. The van der Waals surface area contributed by atoms with Crippen LogP contribution in [-0.2, 0) is 6.61 Å². The van der Waals surface area contributed by atoms with Crippen molar-refractivity contribution in [1.29, 1.82) is 0 Å². The molecule has 7 heteroatoms. The van der Waals surface area contributed by atoms with Crippen molar-refractivity contribution >= 4 is 49.8 Å². The van der Waals surface area contributed by atoms with Crippen LogP contribution < -0.4 is 14.9 Å². The minimum absolute atomic E-state index is 0.192. The van der Waals surface area contributed by atoms with E-state index in [9.17, 15) is 4.79 Å². The molecule has 5 aromatic rings. The van der Waals surface area contributed by atoms with Crippen LogP contribution in [0.3, 0.4) is 0 Å². The quantitative estimate of drug-likeness (QED) is 0.188. The molecule has 0 unspecified atom stereocenters. The maximum absolute atomic E-state index is 12.4. The monoisotopic (exact) mass is 528 g/mol. The standard InChI is InChI=1S/C28H21BrN2O4/c1-33-25-14-21(16-30-31-28(32)27-13-19-8-3-5-12-24(19)35-27)23(29)15-26(25)34-17-20-10-6-9-18-7-2-4-11-22(18)20/h2-16H,17H2,1H3,(H,31,32). The zero-order valence-corrected chi connectivity index (χ0v) is 20.4. The van der Waals surface area contributed by atoms with E-state index in [1.165, 1.54) is 6.21 Å². The zero-order chi connectivity index (χ0) is 24.2. The number of benzene rings is 4. The number of carbonyl (C=O) groups is 1. The van der Waals surface area contributed by atoms with Crippen molar-refractivity contribution in [2.45, 2.75) is 6.61 Å². The summed E-state index contributed by atoms with van der Waals surface area (Å²) in [6, 6.07) is 27.1. The fourth-order valence-electron chi connectivity index (χ4n) is 3.81. The number of fused-ring (bicyclic) bond motifs is 2. The number of rotatable bonds is 7.